The Morgan fingerprint density at radius 2 is 2.05 bits per heavy atom. The van der Waals surface area contributed by atoms with E-state index in [4.69, 9.17) is 17.3 Å². The van der Waals surface area contributed by atoms with Gasteiger partial charge >= 0.3 is 0 Å². The lowest BCUT2D eigenvalue weighted by molar-refractivity contribution is 0.965. The van der Waals surface area contributed by atoms with E-state index in [0.29, 0.717) is 11.8 Å². The van der Waals surface area contributed by atoms with Gasteiger partial charge in [-0.1, -0.05) is 0 Å². The lowest BCUT2D eigenvalue weighted by Gasteiger charge is -2.18. The van der Waals surface area contributed by atoms with E-state index in [1.54, 1.807) is 12.3 Å². The molecule has 2 N–H and O–H groups in total. The van der Waals surface area contributed by atoms with Gasteiger partial charge in [-0.25, -0.2) is 15.0 Å². The molecule has 0 saturated carbocycles. The summed E-state index contributed by atoms with van der Waals surface area (Å²) >= 11 is 5.81. The van der Waals surface area contributed by atoms with E-state index >= 15 is 0 Å². The maximum atomic E-state index is 5.81. The summed E-state index contributed by atoms with van der Waals surface area (Å²) in [5.41, 5.74) is 8.59. The quantitative estimate of drug-likeness (QED) is 0.733. The van der Waals surface area contributed by atoms with E-state index in [1.807, 2.05) is 41.8 Å². The minimum Gasteiger partial charge on any atom is -0.369 e. The van der Waals surface area contributed by atoms with Crippen LogP contribution in [0.5, 0.6) is 0 Å². The molecule has 0 radical (unpaired) electrons. The van der Waals surface area contributed by atoms with Crippen LogP contribution in [0.3, 0.4) is 0 Å². The van der Waals surface area contributed by atoms with Crippen LogP contribution in [0.1, 0.15) is 0 Å². The largest absolute Gasteiger partial charge is 0.369 e. The zero-order valence-corrected chi connectivity index (χ0v) is 11.8. The monoisotopic (exact) mass is 288 g/mol. The molecule has 3 rings (SSSR count). The fourth-order valence-electron chi connectivity index (χ4n) is 2.06. The first-order valence-electron chi connectivity index (χ1n) is 6.00. The van der Waals surface area contributed by atoms with Crippen molar-refractivity contribution in [3.05, 3.63) is 35.7 Å². The molecule has 0 aliphatic heterocycles. The van der Waals surface area contributed by atoms with Crippen LogP contribution >= 0.6 is 11.6 Å². The summed E-state index contributed by atoms with van der Waals surface area (Å²) in [4.78, 5) is 14.3. The Labute approximate surface area is 120 Å². The molecule has 1 aromatic carbocycles. The number of aryl methyl sites for hydroxylation is 1. The molecule has 2 heterocycles. The van der Waals surface area contributed by atoms with Crippen molar-refractivity contribution in [1.29, 1.82) is 0 Å². The third-order valence-corrected chi connectivity index (χ3v) is 3.42. The van der Waals surface area contributed by atoms with E-state index < -0.39 is 0 Å². The van der Waals surface area contributed by atoms with Gasteiger partial charge in [0.15, 0.2) is 0 Å². The van der Waals surface area contributed by atoms with Crippen molar-refractivity contribution in [2.45, 2.75) is 0 Å². The Morgan fingerprint density at radius 3 is 2.80 bits per heavy atom. The predicted molar refractivity (Wildman–Crippen MR) is 80.2 cm³/mol. The summed E-state index contributed by atoms with van der Waals surface area (Å²) in [5.74, 6) is 1.21. The lowest BCUT2D eigenvalue weighted by atomic mass is 10.2. The van der Waals surface area contributed by atoms with Crippen molar-refractivity contribution in [3.8, 4) is 0 Å². The molecule has 0 saturated heterocycles. The Hall–Kier alpha value is -2.34. The molecule has 0 amide bonds. The Balaban J connectivity index is 2.05. The number of hydrogen-bond donors (Lipinski definition) is 1. The van der Waals surface area contributed by atoms with Gasteiger partial charge in [0, 0.05) is 26.0 Å². The van der Waals surface area contributed by atoms with Crippen LogP contribution in [0.15, 0.2) is 30.5 Å². The number of aromatic nitrogens is 4. The first-order valence-corrected chi connectivity index (χ1v) is 6.38. The number of nitrogen functional groups attached to an aromatic ring is 1. The molecular weight excluding hydrogens is 276 g/mol. The summed E-state index contributed by atoms with van der Waals surface area (Å²) in [7, 11) is 3.80. The van der Waals surface area contributed by atoms with Crippen LogP contribution in [0.2, 0.25) is 5.28 Å². The van der Waals surface area contributed by atoms with E-state index in [2.05, 4.69) is 15.0 Å². The Kier molecular flexibility index (Phi) is 2.94. The standard InChI is InChI=1S/C13H13ClN6/c1-19(11-5-6-16-12(14)18-11)8-3-4-10-9(7-8)17-13(15)20(10)2/h3-7H,1-2H3,(H2,15,17). The van der Waals surface area contributed by atoms with Crippen molar-refractivity contribution in [2.24, 2.45) is 7.05 Å². The third-order valence-electron chi connectivity index (χ3n) is 3.24. The Bertz CT molecular complexity index is 782. The van der Waals surface area contributed by atoms with Crippen molar-refractivity contribution < 1.29 is 0 Å². The van der Waals surface area contributed by atoms with Crippen molar-refractivity contribution in [1.82, 2.24) is 19.5 Å². The lowest BCUT2D eigenvalue weighted by Crippen LogP contribution is -2.11. The second-order valence-electron chi connectivity index (χ2n) is 4.44. The number of halogens is 1. The number of imidazole rings is 1. The molecule has 102 valence electrons. The molecular formula is C13H13ClN6. The van der Waals surface area contributed by atoms with Crippen molar-refractivity contribution in [2.75, 3.05) is 17.7 Å². The Morgan fingerprint density at radius 1 is 1.25 bits per heavy atom. The molecule has 0 unspecified atom stereocenters. The number of anilines is 3. The third kappa shape index (κ3) is 2.04. The molecule has 7 heteroatoms. The number of fused-ring (bicyclic) bond motifs is 1. The van der Waals surface area contributed by atoms with E-state index in [1.165, 1.54) is 0 Å². The van der Waals surface area contributed by atoms with Gasteiger partial charge in [-0.05, 0) is 35.9 Å². The van der Waals surface area contributed by atoms with Gasteiger partial charge in [0.2, 0.25) is 11.2 Å². The maximum Gasteiger partial charge on any atom is 0.224 e. The van der Waals surface area contributed by atoms with E-state index in [9.17, 15) is 0 Å². The summed E-state index contributed by atoms with van der Waals surface area (Å²) in [5, 5.41) is 0.220. The molecule has 0 fully saturated rings. The van der Waals surface area contributed by atoms with Crippen LogP contribution in [0.25, 0.3) is 11.0 Å². The molecule has 0 atom stereocenters. The molecule has 0 aliphatic carbocycles. The highest BCUT2D eigenvalue weighted by molar-refractivity contribution is 6.28. The topological polar surface area (TPSA) is 72.9 Å². The van der Waals surface area contributed by atoms with Gasteiger partial charge in [-0.3, -0.25) is 0 Å². The average Bonchev–Trinajstić information content (AvgIpc) is 2.73. The van der Waals surface area contributed by atoms with Crippen LogP contribution in [0, 0.1) is 0 Å². The normalized spacial score (nSPS) is 10.9. The molecule has 20 heavy (non-hydrogen) atoms. The fourth-order valence-corrected chi connectivity index (χ4v) is 2.20. The summed E-state index contributed by atoms with van der Waals surface area (Å²) in [6.45, 7) is 0. The number of benzene rings is 1. The zero-order valence-electron chi connectivity index (χ0n) is 11.1. The molecule has 0 aliphatic rings. The first-order chi connectivity index (χ1) is 9.56. The van der Waals surface area contributed by atoms with Crippen LogP contribution < -0.4 is 10.6 Å². The van der Waals surface area contributed by atoms with Gasteiger partial charge in [-0.2, -0.15) is 0 Å². The highest BCUT2D eigenvalue weighted by Gasteiger charge is 2.10. The number of rotatable bonds is 2. The minimum absolute atomic E-state index is 0.220. The molecule has 0 spiro atoms. The maximum absolute atomic E-state index is 5.81. The first kappa shape index (κ1) is 12.7. The van der Waals surface area contributed by atoms with Crippen LogP contribution in [-0.2, 0) is 7.05 Å². The smallest absolute Gasteiger partial charge is 0.224 e. The molecule has 6 nitrogen and oxygen atoms in total. The minimum atomic E-state index is 0.220. The van der Waals surface area contributed by atoms with E-state index in [-0.39, 0.29) is 5.28 Å². The zero-order chi connectivity index (χ0) is 14.3. The predicted octanol–water partition coefficient (Wildman–Crippen LogP) is 2.37. The van der Waals surface area contributed by atoms with Gasteiger partial charge in [0.05, 0.1) is 11.0 Å². The number of nitrogens with zero attached hydrogens (tertiary/aromatic N) is 5. The van der Waals surface area contributed by atoms with Crippen molar-refractivity contribution in [3.63, 3.8) is 0 Å². The molecule has 2 aromatic heterocycles. The van der Waals surface area contributed by atoms with Crippen LogP contribution in [-0.4, -0.2) is 26.6 Å². The average molecular weight is 289 g/mol. The van der Waals surface area contributed by atoms with E-state index in [0.717, 1.165) is 16.7 Å². The van der Waals surface area contributed by atoms with Gasteiger partial charge in [-0.15, -0.1) is 0 Å². The SMILES string of the molecule is CN(c1ccc2c(c1)nc(N)n2C)c1ccnc(Cl)n1. The second-order valence-corrected chi connectivity index (χ2v) is 4.78. The number of nitrogens with two attached hydrogens (primary N) is 1. The molecule has 0 bridgehead atoms. The second kappa shape index (κ2) is 4.64. The molecule has 3 aromatic rings. The highest BCUT2D eigenvalue weighted by atomic mass is 35.5. The van der Waals surface area contributed by atoms with Gasteiger partial charge in [0.25, 0.3) is 0 Å². The summed E-state index contributed by atoms with van der Waals surface area (Å²) < 4.78 is 1.85. The number of hydrogen-bond acceptors (Lipinski definition) is 5. The summed E-state index contributed by atoms with van der Waals surface area (Å²) in [6, 6.07) is 7.72. The van der Waals surface area contributed by atoms with Gasteiger partial charge < -0.3 is 15.2 Å². The fraction of sp³-hybridized carbons (Fsp3) is 0.154. The van der Waals surface area contributed by atoms with Crippen LogP contribution in [0.4, 0.5) is 17.5 Å². The van der Waals surface area contributed by atoms with Crippen molar-refractivity contribution >= 4 is 40.1 Å². The van der Waals surface area contributed by atoms with Gasteiger partial charge in [0.1, 0.15) is 5.82 Å². The summed E-state index contributed by atoms with van der Waals surface area (Å²) in [6.07, 6.45) is 1.62. The highest BCUT2D eigenvalue weighted by Crippen LogP contribution is 2.26.